The van der Waals surface area contributed by atoms with E-state index in [2.05, 4.69) is 14.9 Å². The van der Waals surface area contributed by atoms with Crippen molar-refractivity contribution in [2.24, 2.45) is 5.16 Å². The summed E-state index contributed by atoms with van der Waals surface area (Å²) in [5, 5.41) is 4.00. The molecule has 1 saturated heterocycles. The summed E-state index contributed by atoms with van der Waals surface area (Å²) in [5.41, 5.74) is -1.37. The molecular formula is C21H22F4N4O3S. The molecule has 33 heavy (non-hydrogen) atoms. The van der Waals surface area contributed by atoms with E-state index >= 15 is 0 Å². The third kappa shape index (κ3) is 4.81. The van der Waals surface area contributed by atoms with Crippen LogP contribution in [0.15, 0.2) is 29.6 Å². The van der Waals surface area contributed by atoms with Crippen LogP contribution in [0.25, 0.3) is 11.1 Å². The minimum Gasteiger partial charge on any atom is -0.384 e. The highest BCUT2D eigenvalue weighted by Crippen LogP contribution is 2.38. The molecule has 2 aliphatic heterocycles. The molecule has 0 aliphatic carbocycles. The second-order valence-electron chi connectivity index (χ2n) is 8.60. The van der Waals surface area contributed by atoms with E-state index in [9.17, 15) is 26.0 Å². The smallest absolute Gasteiger partial charge is 0.209 e. The Morgan fingerprint density at radius 2 is 1.88 bits per heavy atom. The van der Waals surface area contributed by atoms with Gasteiger partial charge in [0, 0.05) is 30.4 Å². The van der Waals surface area contributed by atoms with E-state index in [1.807, 2.05) is 0 Å². The third-order valence-electron chi connectivity index (χ3n) is 5.64. The Morgan fingerprint density at radius 1 is 1.21 bits per heavy atom. The van der Waals surface area contributed by atoms with E-state index in [0.717, 1.165) is 6.26 Å². The van der Waals surface area contributed by atoms with Crippen molar-refractivity contribution in [2.45, 2.75) is 38.1 Å². The number of benzene rings is 1. The van der Waals surface area contributed by atoms with Crippen LogP contribution < -0.4 is 4.72 Å². The topological polar surface area (TPSA) is 83.9 Å². The first kappa shape index (κ1) is 23.4. The molecule has 0 amide bonds. The summed E-state index contributed by atoms with van der Waals surface area (Å²) in [6, 6.07) is 1.71. The summed E-state index contributed by atoms with van der Waals surface area (Å²) >= 11 is 0. The zero-order valence-corrected chi connectivity index (χ0v) is 18.9. The molecule has 2 aliphatic rings. The minimum atomic E-state index is -3.63. The zero-order valence-electron chi connectivity index (χ0n) is 18.1. The lowest BCUT2D eigenvalue weighted by molar-refractivity contribution is 0.0828. The molecule has 12 heteroatoms. The van der Waals surface area contributed by atoms with Crippen LogP contribution >= 0.6 is 0 Å². The number of pyridine rings is 1. The normalized spacial score (nSPS) is 25.3. The summed E-state index contributed by atoms with van der Waals surface area (Å²) in [6.07, 6.45) is 1.75. The Hall–Kier alpha value is -2.73. The van der Waals surface area contributed by atoms with Crippen LogP contribution in [0.1, 0.15) is 30.7 Å². The molecule has 1 N–H and O–H groups in total. The molecule has 0 saturated carbocycles. The van der Waals surface area contributed by atoms with E-state index in [0.29, 0.717) is 23.5 Å². The number of nitrogens with one attached hydrogen (secondary N) is 1. The summed E-state index contributed by atoms with van der Waals surface area (Å²) in [4.78, 5) is 11.3. The highest BCUT2D eigenvalue weighted by atomic mass is 32.2. The van der Waals surface area contributed by atoms with Crippen LogP contribution in [0.4, 0.5) is 17.6 Å². The van der Waals surface area contributed by atoms with E-state index < -0.39 is 50.9 Å². The molecular weight excluding hydrogens is 464 g/mol. The monoisotopic (exact) mass is 486 g/mol. The summed E-state index contributed by atoms with van der Waals surface area (Å²) in [7, 11) is -3.63. The fourth-order valence-corrected chi connectivity index (χ4v) is 4.95. The predicted molar refractivity (Wildman–Crippen MR) is 113 cm³/mol. The van der Waals surface area contributed by atoms with Crippen LogP contribution in [0.2, 0.25) is 0 Å². The van der Waals surface area contributed by atoms with E-state index in [1.165, 1.54) is 19.2 Å². The van der Waals surface area contributed by atoms with Gasteiger partial charge in [-0.05, 0) is 25.5 Å². The summed E-state index contributed by atoms with van der Waals surface area (Å²) in [6.45, 7) is 2.90. The molecule has 178 valence electrons. The molecule has 7 nitrogen and oxygen atoms in total. The first-order valence-electron chi connectivity index (χ1n) is 10.1. The van der Waals surface area contributed by atoms with Gasteiger partial charge in [-0.2, -0.15) is 0 Å². The van der Waals surface area contributed by atoms with Crippen LogP contribution in [0, 0.1) is 24.4 Å². The van der Waals surface area contributed by atoms with Crippen LogP contribution in [-0.4, -0.2) is 55.2 Å². The molecule has 3 heterocycles. The molecule has 2 aromatic rings. The first-order valence-corrected chi connectivity index (χ1v) is 12.0. The highest BCUT2D eigenvalue weighted by molar-refractivity contribution is 7.88. The maximum atomic E-state index is 15.0. The number of amidine groups is 1. The number of hydrogen-bond acceptors (Lipinski definition) is 6. The van der Waals surface area contributed by atoms with Gasteiger partial charge in [0.1, 0.15) is 29.0 Å². The van der Waals surface area contributed by atoms with Gasteiger partial charge in [-0.1, -0.05) is 5.16 Å². The fraction of sp³-hybridized carbons (Fsp3) is 0.429. The molecule has 1 fully saturated rings. The molecule has 4 rings (SSSR count). The molecule has 1 aromatic carbocycles. The Bertz CT molecular complexity index is 1210. The van der Waals surface area contributed by atoms with Crippen LogP contribution in [-0.2, 0) is 14.9 Å². The van der Waals surface area contributed by atoms with Crippen molar-refractivity contribution in [3.05, 3.63) is 53.1 Å². The number of halogens is 4. The van der Waals surface area contributed by atoms with Gasteiger partial charge in [-0.15, -0.1) is 0 Å². The third-order valence-corrected chi connectivity index (χ3v) is 6.35. The predicted octanol–water partition coefficient (Wildman–Crippen LogP) is 3.21. The molecule has 3 atom stereocenters. The van der Waals surface area contributed by atoms with Gasteiger partial charge in [-0.3, -0.25) is 4.98 Å². The Kier molecular flexibility index (Phi) is 5.85. The van der Waals surface area contributed by atoms with Crippen LogP contribution in [0.5, 0.6) is 0 Å². The SMILES string of the molecule is Cc1cnc([C@@H]2CC(N3C[C@H](NS(C)(=O)=O)[C@](C)(F)C3)=NO2)c(-c2c(F)cc(F)cc2F)c1. The second-order valence-corrected chi connectivity index (χ2v) is 10.4. The lowest BCUT2D eigenvalue weighted by atomic mass is 9.97. The number of nitrogens with zero attached hydrogens (tertiary/aromatic N) is 3. The van der Waals surface area contributed by atoms with E-state index in [1.54, 1.807) is 11.8 Å². The average molecular weight is 486 g/mol. The minimum absolute atomic E-state index is 0.0321. The maximum absolute atomic E-state index is 15.0. The number of aromatic nitrogens is 1. The van der Waals surface area contributed by atoms with Gasteiger partial charge in [-0.25, -0.2) is 30.7 Å². The standard InChI is InChI=1S/C21H22F4N4O3S/c1-11-4-13(19-14(23)5-12(22)6-15(19)24)20(26-8-11)16-7-18(27-32-16)29-9-17(21(2,25)10-29)28-33(3,30)31/h4-6,8,16-17,28H,7,9-10H2,1-3H3/t16-,17-,21+/m0/s1. The first-order chi connectivity index (χ1) is 15.3. The zero-order chi connectivity index (χ0) is 24.1. The summed E-state index contributed by atoms with van der Waals surface area (Å²) < 4.78 is 82.8. The number of hydrogen-bond donors (Lipinski definition) is 1. The molecule has 0 radical (unpaired) electrons. The van der Waals surface area contributed by atoms with Crippen molar-refractivity contribution in [1.29, 1.82) is 0 Å². The highest BCUT2D eigenvalue weighted by Gasteiger charge is 2.47. The van der Waals surface area contributed by atoms with E-state index in [4.69, 9.17) is 4.84 Å². The number of rotatable bonds is 4. The van der Waals surface area contributed by atoms with Gasteiger partial charge in [0.2, 0.25) is 10.0 Å². The summed E-state index contributed by atoms with van der Waals surface area (Å²) in [5.74, 6) is -2.85. The van der Waals surface area contributed by atoms with Crippen molar-refractivity contribution in [3.63, 3.8) is 0 Å². The van der Waals surface area contributed by atoms with Crippen molar-refractivity contribution >= 4 is 15.9 Å². The lowest BCUT2D eigenvalue weighted by Gasteiger charge is -2.20. The van der Waals surface area contributed by atoms with Crippen molar-refractivity contribution < 1.29 is 30.8 Å². The molecule has 0 unspecified atom stereocenters. The lowest BCUT2D eigenvalue weighted by Crippen LogP contribution is -2.47. The van der Waals surface area contributed by atoms with Gasteiger partial charge in [0.15, 0.2) is 6.10 Å². The van der Waals surface area contributed by atoms with Gasteiger partial charge in [0.05, 0.1) is 36.5 Å². The molecule has 0 bridgehead atoms. The van der Waals surface area contributed by atoms with Gasteiger partial charge < -0.3 is 9.74 Å². The molecule has 0 spiro atoms. The fourth-order valence-electron chi connectivity index (χ4n) is 4.11. The van der Waals surface area contributed by atoms with E-state index in [-0.39, 0.29) is 30.8 Å². The number of sulfonamides is 1. The van der Waals surface area contributed by atoms with Crippen LogP contribution in [0.3, 0.4) is 0 Å². The van der Waals surface area contributed by atoms with Gasteiger partial charge in [0.25, 0.3) is 0 Å². The Balaban J connectivity index is 1.60. The number of aryl methyl sites for hydroxylation is 1. The molecule has 1 aromatic heterocycles. The number of oxime groups is 1. The maximum Gasteiger partial charge on any atom is 0.209 e. The average Bonchev–Trinajstić information content (AvgIpc) is 3.25. The number of alkyl halides is 1. The Morgan fingerprint density at radius 3 is 2.52 bits per heavy atom. The second kappa shape index (κ2) is 8.24. The van der Waals surface area contributed by atoms with Crippen molar-refractivity contribution in [1.82, 2.24) is 14.6 Å². The quantitative estimate of drug-likeness (QED) is 0.671. The van der Waals surface area contributed by atoms with Crippen molar-refractivity contribution in [2.75, 3.05) is 19.3 Å². The largest absolute Gasteiger partial charge is 0.384 e. The van der Waals surface area contributed by atoms with Gasteiger partial charge >= 0.3 is 0 Å². The number of likely N-dealkylation sites (tertiary alicyclic amines) is 1. The van der Waals surface area contributed by atoms with Crippen molar-refractivity contribution in [3.8, 4) is 11.1 Å². The Labute approximate surface area is 188 Å².